The molecule has 1 aliphatic heterocycles. The maximum atomic E-state index is 9.75. The van der Waals surface area contributed by atoms with Crippen molar-refractivity contribution in [1.82, 2.24) is 15.1 Å². The van der Waals surface area contributed by atoms with Crippen molar-refractivity contribution in [3.8, 4) is 11.5 Å². The van der Waals surface area contributed by atoms with Crippen LogP contribution in [0.15, 0.2) is 53.2 Å². The maximum absolute atomic E-state index is 9.75. The van der Waals surface area contributed by atoms with E-state index in [-0.39, 0.29) is 6.10 Å². The molecule has 2 aromatic heterocycles. The summed E-state index contributed by atoms with van der Waals surface area (Å²) in [6.07, 6.45) is 6.36. The van der Waals surface area contributed by atoms with E-state index in [0.717, 1.165) is 62.4 Å². The number of hydrogen-bond acceptors (Lipinski definition) is 6. The van der Waals surface area contributed by atoms with E-state index >= 15 is 0 Å². The lowest BCUT2D eigenvalue weighted by atomic mass is 9.92. The van der Waals surface area contributed by atoms with Crippen molar-refractivity contribution < 1.29 is 9.63 Å². The molecular formula is C23H28N4O2. The van der Waals surface area contributed by atoms with Gasteiger partial charge < -0.3 is 14.5 Å². The van der Waals surface area contributed by atoms with Crippen LogP contribution in [-0.4, -0.2) is 39.4 Å². The smallest absolute Gasteiger partial charge is 0.259 e. The van der Waals surface area contributed by atoms with E-state index in [2.05, 4.69) is 44.3 Å². The van der Waals surface area contributed by atoms with Crippen LogP contribution in [-0.2, 0) is 12.8 Å². The number of hydrogen-bond donors (Lipinski definition) is 1. The molecule has 6 heteroatoms. The number of rotatable bonds is 7. The Kier molecular flexibility index (Phi) is 6.20. The van der Waals surface area contributed by atoms with Crippen LogP contribution >= 0.6 is 0 Å². The lowest BCUT2D eigenvalue weighted by Gasteiger charge is -2.34. The largest absolute Gasteiger partial charge is 0.393 e. The summed E-state index contributed by atoms with van der Waals surface area (Å²) in [4.78, 5) is 11.4. The molecule has 0 radical (unpaired) electrons. The number of anilines is 1. The Morgan fingerprint density at radius 1 is 1.10 bits per heavy atom. The fourth-order valence-corrected chi connectivity index (χ4v) is 3.88. The van der Waals surface area contributed by atoms with Gasteiger partial charge in [-0.2, -0.15) is 4.98 Å². The predicted octanol–water partition coefficient (Wildman–Crippen LogP) is 3.90. The van der Waals surface area contributed by atoms with Gasteiger partial charge in [0, 0.05) is 25.7 Å². The molecule has 1 unspecified atom stereocenters. The van der Waals surface area contributed by atoms with E-state index in [0.29, 0.717) is 11.8 Å². The quantitative estimate of drug-likeness (QED) is 0.657. The third-order valence-electron chi connectivity index (χ3n) is 5.72. The van der Waals surface area contributed by atoms with Crippen LogP contribution in [0.5, 0.6) is 0 Å². The van der Waals surface area contributed by atoms with Crippen LogP contribution in [0, 0.1) is 5.92 Å². The van der Waals surface area contributed by atoms with Crippen molar-refractivity contribution in [2.45, 2.75) is 45.1 Å². The molecule has 0 bridgehead atoms. The minimum absolute atomic E-state index is 0.230. The Bertz CT molecular complexity index is 885. The molecule has 0 spiro atoms. The molecule has 1 N–H and O–H groups in total. The SMILES string of the molecule is CC(O)C1CCN(c2ccc(-c3nc(CCCc4ccccc4)no3)cn2)CC1. The van der Waals surface area contributed by atoms with E-state index in [4.69, 9.17) is 4.52 Å². The van der Waals surface area contributed by atoms with Gasteiger partial charge in [-0.3, -0.25) is 0 Å². The topological polar surface area (TPSA) is 75.3 Å². The molecule has 29 heavy (non-hydrogen) atoms. The zero-order chi connectivity index (χ0) is 20.1. The number of benzene rings is 1. The van der Waals surface area contributed by atoms with Crippen LogP contribution in [0.2, 0.25) is 0 Å². The molecule has 6 nitrogen and oxygen atoms in total. The van der Waals surface area contributed by atoms with Gasteiger partial charge in [0.05, 0.1) is 11.7 Å². The lowest BCUT2D eigenvalue weighted by Crippen LogP contribution is -2.37. The van der Waals surface area contributed by atoms with Crippen molar-refractivity contribution in [3.63, 3.8) is 0 Å². The number of aryl methyl sites for hydroxylation is 2. The minimum atomic E-state index is -0.230. The van der Waals surface area contributed by atoms with E-state index in [1.807, 2.05) is 25.1 Å². The summed E-state index contributed by atoms with van der Waals surface area (Å²) in [6, 6.07) is 14.4. The van der Waals surface area contributed by atoms with Crippen LogP contribution in [0.3, 0.4) is 0 Å². The second kappa shape index (κ2) is 9.18. The van der Waals surface area contributed by atoms with Crippen molar-refractivity contribution in [1.29, 1.82) is 0 Å². The molecule has 0 aliphatic carbocycles. The summed E-state index contributed by atoms with van der Waals surface area (Å²) >= 11 is 0. The first-order valence-corrected chi connectivity index (χ1v) is 10.4. The van der Waals surface area contributed by atoms with Crippen molar-refractivity contribution in [2.24, 2.45) is 5.92 Å². The fourth-order valence-electron chi connectivity index (χ4n) is 3.88. The number of piperidine rings is 1. The van der Waals surface area contributed by atoms with Crippen molar-refractivity contribution >= 4 is 5.82 Å². The predicted molar refractivity (Wildman–Crippen MR) is 113 cm³/mol. The van der Waals surface area contributed by atoms with Crippen LogP contribution in [0.4, 0.5) is 5.82 Å². The highest BCUT2D eigenvalue weighted by Crippen LogP contribution is 2.25. The van der Waals surface area contributed by atoms with E-state index < -0.39 is 0 Å². The highest BCUT2D eigenvalue weighted by molar-refractivity contribution is 5.54. The average molecular weight is 393 g/mol. The Morgan fingerprint density at radius 2 is 1.90 bits per heavy atom. The Labute approximate surface area is 171 Å². The van der Waals surface area contributed by atoms with Crippen LogP contribution < -0.4 is 4.90 Å². The molecule has 3 heterocycles. The number of nitrogens with zero attached hydrogens (tertiary/aromatic N) is 4. The van der Waals surface area contributed by atoms with Crippen LogP contribution in [0.25, 0.3) is 11.5 Å². The summed E-state index contributed by atoms with van der Waals surface area (Å²) in [5, 5.41) is 13.9. The first-order valence-electron chi connectivity index (χ1n) is 10.4. The first-order chi connectivity index (χ1) is 14.2. The van der Waals surface area contributed by atoms with E-state index in [1.165, 1.54) is 5.56 Å². The van der Waals surface area contributed by atoms with Crippen molar-refractivity contribution in [3.05, 3.63) is 60.0 Å². The highest BCUT2D eigenvalue weighted by atomic mass is 16.5. The zero-order valence-electron chi connectivity index (χ0n) is 16.9. The molecule has 1 aliphatic rings. The van der Waals surface area contributed by atoms with Gasteiger partial charge in [0.1, 0.15) is 5.82 Å². The molecular weight excluding hydrogens is 364 g/mol. The lowest BCUT2D eigenvalue weighted by molar-refractivity contribution is 0.110. The minimum Gasteiger partial charge on any atom is -0.393 e. The molecule has 1 fully saturated rings. The number of aliphatic hydroxyl groups is 1. The maximum Gasteiger partial charge on any atom is 0.259 e. The van der Waals surface area contributed by atoms with E-state index in [1.54, 1.807) is 6.20 Å². The molecule has 1 aromatic carbocycles. The zero-order valence-corrected chi connectivity index (χ0v) is 16.9. The number of aliphatic hydroxyl groups excluding tert-OH is 1. The highest BCUT2D eigenvalue weighted by Gasteiger charge is 2.23. The summed E-state index contributed by atoms with van der Waals surface area (Å²) < 4.78 is 5.44. The van der Waals surface area contributed by atoms with Gasteiger partial charge in [-0.05, 0) is 56.2 Å². The van der Waals surface area contributed by atoms with Gasteiger partial charge in [-0.15, -0.1) is 0 Å². The van der Waals surface area contributed by atoms with Gasteiger partial charge >= 0.3 is 0 Å². The Balaban J connectivity index is 1.31. The molecule has 3 aromatic rings. The monoisotopic (exact) mass is 392 g/mol. The standard InChI is InChI=1S/C23H28N4O2/c1-17(28)19-12-14-27(15-13-19)22-11-10-20(16-24-22)23-25-21(26-29-23)9-5-8-18-6-3-2-4-7-18/h2-4,6-7,10-11,16-17,19,28H,5,8-9,12-15H2,1H3. The van der Waals surface area contributed by atoms with Gasteiger partial charge in [-0.1, -0.05) is 35.5 Å². The van der Waals surface area contributed by atoms with Crippen molar-refractivity contribution in [2.75, 3.05) is 18.0 Å². The third kappa shape index (κ3) is 5.01. The fraction of sp³-hybridized carbons (Fsp3) is 0.435. The van der Waals surface area contributed by atoms with Crippen LogP contribution in [0.1, 0.15) is 37.6 Å². The summed E-state index contributed by atoms with van der Waals surface area (Å²) in [5.41, 5.74) is 2.17. The number of pyridine rings is 1. The first kappa shape index (κ1) is 19.6. The number of aromatic nitrogens is 3. The second-order valence-corrected chi connectivity index (χ2v) is 7.83. The van der Waals surface area contributed by atoms with Gasteiger partial charge in [0.2, 0.25) is 0 Å². The molecule has 0 amide bonds. The third-order valence-corrected chi connectivity index (χ3v) is 5.72. The van der Waals surface area contributed by atoms with Gasteiger partial charge in [-0.25, -0.2) is 4.98 Å². The molecule has 152 valence electrons. The summed E-state index contributed by atoms with van der Waals surface area (Å²) in [6.45, 7) is 3.73. The Hall–Kier alpha value is -2.73. The molecule has 1 saturated heterocycles. The molecule has 1 atom stereocenters. The van der Waals surface area contributed by atoms with Gasteiger partial charge in [0.25, 0.3) is 5.89 Å². The summed E-state index contributed by atoms with van der Waals surface area (Å²) in [7, 11) is 0. The molecule has 4 rings (SSSR count). The Morgan fingerprint density at radius 3 is 2.59 bits per heavy atom. The average Bonchev–Trinajstić information content (AvgIpc) is 3.24. The molecule has 0 saturated carbocycles. The normalized spacial score (nSPS) is 16.1. The van der Waals surface area contributed by atoms with Gasteiger partial charge in [0.15, 0.2) is 5.82 Å². The second-order valence-electron chi connectivity index (χ2n) is 7.83. The summed E-state index contributed by atoms with van der Waals surface area (Å²) in [5.74, 6) is 2.61. The van der Waals surface area contributed by atoms with E-state index in [9.17, 15) is 5.11 Å².